The summed E-state index contributed by atoms with van der Waals surface area (Å²) in [5.41, 5.74) is 7.24. The van der Waals surface area contributed by atoms with Crippen LogP contribution in [0.15, 0.2) is 54.5 Å². The van der Waals surface area contributed by atoms with Gasteiger partial charge in [-0.2, -0.15) is 0 Å². The topological polar surface area (TPSA) is 38.1 Å². The number of nitrogens with zero attached hydrogens (tertiary/aromatic N) is 3. The number of hydrogen-bond acceptors (Lipinski definition) is 2. The van der Waals surface area contributed by atoms with E-state index in [0.29, 0.717) is 0 Å². The van der Waals surface area contributed by atoms with Crippen molar-refractivity contribution in [3.05, 3.63) is 88.3 Å². The lowest BCUT2D eigenvalue weighted by Crippen LogP contribution is -2.39. The average Bonchev–Trinajstić information content (AvgIpc) is 3.35. The quantitative estimate of drug-likeness (QED) is 0.543. The number of rotatable bonds is 3. The van der Waals surface area contributed by atoms with E-state index in [9.17, 15) is 9.18 Å². The van der Waals surface area contributed by atoms with Gasteiger partial charge in [0.15, 0.2) is 0 Å². The van der Waals surface area contributed by atoms with Gasteiger partial charge in [-0.25, -0.2) is 9.37 Å². The van der Waals surface area contributed by atoms with Gasteiger partial charge in [0.2, 0.25) is 5.91 Å². The monoisotopic (exact) mass is 415 g/mol. The predicted octanol–water partition coefficient (Wildman–Crippen LogP) is 5.32. The molecule has 0 saturated carbocycles. The Hall–Kier alpha value is -3.21. The van der Waals surface area contributed by atoms with E-state index in [4.69, 9.17) is 0 Å². The van der Waals surface area contributed by atoms with E-state index in [0.717, 1.165) is 71.4 Å². The molecule has 2 aliphatic rings. The van der Waals surface area contributed by atoms with Crippen LogP contribution in [0.5, 0.6) is 0 Å². The molecule has 158 valence electrons. The molecule has 2 heterocycles. The summed E-state index contributed by atoms with van der Waals surface area (Å²) in [7, 11) is 0. The van der Waals surface area contributed by atoms with Gasteiger partial charge in [-0.05, 0) is 92.1 Å². The number of carbonyl (C=O) groups excluding carboxylic acids is 1. The summed E-state index contributed by atoms with van der Waals surface area (Å²) in [5, 5.41) is 0. The van der Waals surface area contributed by atoms with E-state index >= 15 is 0 Å². The Morgan fingerprint density at radius 2 is 2.00 bits per heavy atom. The summed E-state index contributed by atoms with van der Waals surface area (Å²) < 4.78 is 15.6. The predicted molar refractivity (Wildman–Crippen MR) is 119 cm³/mol. The van der Waals surface area contributed by atoms with E-state index in [1.165, 1.54) is 6.07 Å². The standard InChI is InChI=1S/C26H26FN3O/c1-17-12-19(5-9-24(17)29-15-18(2)28-16-29)13-21-4-3-11-30(26(21)31)25-10-6-20-14-22(27)7-8-23(20)25/h5,7-9,12-16,25H,3-4,6,10-11H2,1-2H3/b21-13+/t25-/m1/s1. The SMILES string of the molecule is Cc1cn(-c2ccc(/C=C3\CCCN([C@@H]4CCc5cc(F)ccc54)C3=O)cc2C)cn1. The molecule has 1 atom stereocenters. The lowest BCUT2D eigenvalue weighted by molar-refractivity contribution is -0.131. The molecule has 1 aliphatic carbocycles. The summed E-state index contributed by atoms with van der Waals surface area (Å²) >= 11 is 0. The number of amides is 1. The van der Waals surface area contributed by atoms with Crippen molar-refractivity contribution in [2.45, 2.75) is 45.6 Å². The number of piperidine rings is 1. The van der Waals surface area contributed by atoms with Crippen LogP contribution >= 0.6 is 0 Å². The fraction of sp³-hybridized carbons (Fsp3) is 0.308. The molecular weight excluding hydrogens is 389 g/mol. The van der Waals surface area contributed by atoms with Crippen LogP contribution in [0.1, 0.15) is 53.3 Å². The van der Waals surface area contributed by atoms with Crippen molar-refractivity contribution in [2.24, 2.45) is 0 Å². The summed E-state index contributed by atoms with van der Waals surface area (Å²) in [6, 6.07) is 11.3. The molecule has 1 aliphatic heterocycles. The van der Waals surface area contributed by atoms with Crippen molar-refractivity contribution in [2.75, 3.05) is 6.54 Å². The van der Waals surface area contributed by atoms with Gasteiger partial charge in [0.05, 0.1) is 18.1 Å². The molecule has 1 amide bonds. The van der Waals surface area contributed by atoms with Crippen molar-refractivity contribution in [1.29, 1.82) is 0 Å². The van der Waals surface area contributed by atoms with Crippen LogP contribution in [-0.4, -0.2) is 26.9 Å². The summed E-state index contributed by atoms with van der Waals surface area (Å²) in [4.78, 5) is 19.6. The molecule has 1 saturated heterocycles. The molecule has 0 N–H and O–H groups in total. The molecule has 5 heteroatoms. The second-order valence-corrected chi connectivity index (χ2v) is 8.64. The molecule has 0 radical (unpaired) electrons. The molecule has 31 heavy (non-hydrogen) atoms. The largest absolute Gasteiger partial charge is 0.332 e. The number of aryl methyl sites for hydroxylation is 3. The van der Waals surface area contributed by atoms with Gasteiger partial charge in [0, 0.05) is 24.0 Å². The Bertz CT molecular complexity index is 1190. The molecule has 1 aromatic heterocycles. The normalized spacial score (nSPS) is 19.8. The third-order valence-corrected chi connectivity index (χ3v) is 6.46. The summed E-state index contributed by atoms with van der Waals surface area (Å²) in [6.07, 6.45) is 9.31. The maximum atomic E-state index is 13.6. The summed E-state index contributed by atoms with van der Waals surface area (Å²) in [5.74, 6) is -0.0879. The third-order valence-electron chi connectivity index (χ3n) is 6.46. The van der Waals surface area contributed by atoms with Gasteiger partial charge in [-0.15, -0.1) is 0 Å². The Labute approximate surface area is 182 Å². The Balaban J connectivity index is 1.40. The van der Waals surface area contributed by atoms with Gasteiger partial charge >= 0.3 is 0 Å². The number of hydrogen-bond donors (Lipinski definition) is 0. The number of aromatic nitrogens is 2. The molecule has 4 nitrogen and oxygen atoms in total. The van der Waals surface area contributed by atoms with Crippen molar-refractivity contribution < 1.29 is 9.18 Å². The van der Waals surface area contributed by atoms with Gasteiger partial charge in [-0.3, -0.25) is 4.79 Å². The molecule has 2 aromatic carbocycles. The Morgan fingerprint density at radius 1 is 1.13 bits per heavy atom. The van der Waals surface area contributed by atoms with Crippen LogP contribution < -0.4 is 0 Å². The van der Waals surface area contributed by atoms with Crippen LogP contribution in [-0.2, 0) is 11.2 Å². The number of benzene rings is 2. The zero-order valence-electron chi connectivity index (χ0n) is 17.9. The van der Waals surface area contributed by atoms with Crippen LogP contribution in [0, 0.1) is 19.7 Å². The maximum absolute atomic E-state index is 13.6. The fourth-order valence-electron chi connectivity index (χ4n) is 4.96. The average molecular weight is 416 g/mol. The minimum Gasteiger partial charge on any atom is -0.332 e. The van der Waals surface area contributed by atoms with Gasteiger partial charge < -0.3 is 9.47 Å². The van der Waals surface area contributed by atoms with Gasteiger partial charge in [0.25, 0.3) is 0 Å². The van der Waals surface area contributed by atoms with Crippen LogP contribution in [0.25, 0.3) is 11.8 Å². The highest BCUT2D eigenvalue weighted by atomic mass is 19.1. The zero-order chi connectivity index (χ0) is 21.5. The van der Waals surface area contributed by atoms with Crippen molar-refractivity contribution in [3.8, 4) is 5.69 Å². The molecule has 0 bridgehead atoms. The van der Waals surface area contributed by atoms with Gasteiger partial charge in [0.1, 0.15) is 5.82 Å². The molecule has 1 fully saturated rings. The summed E-state index contributed by atoms with van der Waals surface area (Å²) in [6.45, 7) is 4.82. The number of fused-ring (bicyclic) bond motifs is 1. The smallest absolute Gasteiger partial charge is 0.250 e. The third kappa shape index (κ3) is 3.69. The van der Waals surface area contributed by atoms with Crippen molar-refractivity contribution in [3.63, 3.8) is 0 Å². The number of carbonyl (C=O) groups is 1. The Morgan fingerprint density at radius 3 is 2.77 bits per heavy atom. The first-order valence-corrected chi connectivity index (χ1v) is 10.9. The second-order valence-electron chi connectivity index (χ2n) is 8.64. The number of likely N-dealkylation sites (tertiary alicyclic amines) is 1. The Kier molecular flexibility index (Phi) is 4.97. The number of halogens is 1. The van der Waals surface area contributed by atoms with Crippen LogP contribution in [0.4, 0.5) is 4.39 Å². The highest BCUT2D eigenvalue weighted by Gasteiger charge is 2.34. The van der Waals surface area contributed by atoms with E-state index in [1.807, 2.05) is 41.1 Å². The van der Waals surface area contributed by atoms with Gasteiger partial charge in [-0.1, -0.05) is 12.1 Å². The highest BCUT2D eigenvalue weighted by molar-refractivity contribution is 5.98. The molecule has 5 rings (SSSR count). The lowest BCUT2D eigenvalue weighted by atomic mass is 9.97. The van der Waals surface area contributed by atoms with Crippen LogP contribution in [0.2, 0.25) is 0 Å². The van der Waals surface area contributed by atoms with Crippen LogP contribution in [0.3, 0.4) is 0 Å². The first-order chi connectivity index (χ1) is 15.0. The number of imidazole rings is 1. The van der Waals surface area contributed by atoms with E-state index in [-0.39, 0.29) is 17.8 Å². The second kappa shape index (κ2) is 7.80. The fourth-order valence-corrected chi connectivity index (χ4v) is 4.96. The zero-order valence-corrected chi connectivity index (χ0v) is 17.9. The van der Waals surface area contributed by atoms with E-state index in [1.54, 1.807) is 6.07 Å². The van der Waals surface area contributed by atoms with Crippen molar-refractivity contribution >= 4 is 12.0 Å². The molecule has 0 unspecified atom stereocenters. The van der Waals surface area contributed by atoms with Crippen molar-refractivity contribution in [1.82, 2.24) is 14.5 Å². The lowest BCUT2D eigenvalue weighted by Gasteiger charge is -2.34. The first kappa shape index (κ1) is 19.7. The van der Waals surface area contributed by atoms with E-state index in [2.05, 4.69) is 30.1 Å². The molecule has 0 spiro atoms. The maximum Gasteiger partial charge on any atom is 0.250 e. The highest BCUT2D eigenvalue weighted by Crippen LogP contribution is 2.38. The molecule has 3 aromatic rings. The molecular formula is C26H26FN3O. The minimum atomic E-state index is -0.199. The first-order valence-electron chi connectivity index (χ1n) is 10.9. The minimum absolute atomic E-state index is 0.0559. The van der Waals surface area contributed by atoms with E-state index < -0.39 is 0 Å².